The van der Waals surface area contributed by atoms with Crippen LogP contribution in [0.1, 0.15) is 34.1 Å². The van der Waals surface area contributed by atoms with Crippen LogP contribution in [-0.4, -0.2) is 23.0 Å². The summed E-state index contributed by atoms with van der Waals surface area (Å²) in [6, 6.07) is -0.770. The van der Waals surface area contributed by atoms with Gasteiger partial charge in [0.1, 0.15) is 6.04 Å². The fourth-order valence-electron chi connectivity index (χ4n) is 1.68. The lowest BCUT2D eigenvalue weighted by Crippen LogP contribution is -2.45. The van der Waals surface area contributed by atoms with E-state index in [-0.39, 0.29) is 23.2 Å². The van der Waals surface area contributed by atoms with E-state index in [1.54, 1.807) is 13.8 Å². The number of carboxylic acids is 1. The minimum atomic E-state index is -0.961. The second kappa shape index (κ2) is 3.83. The second-order valence-electron chi connectivity index (χ2n) is 5.31. The first kappa shape index (κ1) is 12.0. The van der Waals surface area contributed by atoms with Crippen molar-refractivity contribution in [1.29, 1.82) is 0 Å². The molecule has 0 aliphatic heterocycles. The molecule has 0 saturated heterocycles. The summed E-state index contributed by atoms with van der Waals surface area (Å²) in [5.74, 6) is -1.19. The Balaban J connectivity index is 2.53. The van der Waals surface area contributed by atoms with E-state index in [4.69, 9.17) is 5.11 Å². The number of carboxylic acid groups (broad SMARTS) is 1. The highest BCUT2D eigenvalue weighted by molar-refractivity contribution is 5.87. The third kappa shape index (κ3) is 2.70. The standard InChI is InChI=1S/C11H19NO3/c1-6(2)8(10(14)15)12-9(13)7-5-11(7,3)4/h6-8H,5H2,1-4H3,(H,12,13)(H,14,15)/t7-,8-/m1/s1. The first-order valence-corrected chi connectivity index (χ1v) is 5.29. The van der Waals surface area contributed by atoms with Gasteiger partial charge >= 0.3 is 5.97 Å². The maximum absolute atomic E-state index is 11.7. The number of hydrogen-bond acceptors (Lipinski definition) is 2. The molecule has 1 fully saturated rings. The summed E-state index contributed by atoms with van der Waals surface area (Å²) in [4.78, 5) is 22.5. The average molecular weight is 213 g/mol. The SMILES string of the molecule is CC(C)[C@@H](NC(=O)[C@H]1CC1(C)C)C(=O)O. The highest BCUT2D eigenvalue weighted by Gasteiger charge is 2.51. The van der Waals surface area contributed by atoms with E-state index in [2.05, 4.69) is 5.32 Å². The Morgan fingerprint density at radius 3 is 2.13 bits per heavy atom. The quantitative estimate of drug-likeness (QED) is 0.738. The van der Waals surface area contributed by atoms with Crippen LogP contribution in [0.15, 0.2) is 0 Å². The van der Waals surface area contributed by atoms with E-state index in [0.29, 0.717) is 0 Å². The molecule has 4 heteroatoms. The second-order valence-corrected chi connectivity index (χ2v) is 5.31. The number of hydrogen-bond donors (Lipinski definition) is 2. The summed E-state index contributed by atoms with van der Waals surface area (Å²) in [6.45, 7) is 7.61. The van der Waals surface area contributed by atoms with E-state index < -0.39 is 12.0 Å². The van der Waals surface area contributed by atoms with Gasteiger partial charge in [-0.1, -0.05) is 27.7 Å². The zero-order valence-electron chi connectivity index (χ0n) is 9.70. The normalized spacial score (nSPS) is 24.7. The van der Waals surface area contributed by atoms with Gasteiger partial charge in [-0.2, -0.15) is 0 Å². The van der Waals surface area contributed by atoms with Crippen molar-refractivity contribution in [3.63, 3.8) is 0 Å². The van der Waals surface area contributed by atoms with Gasteiger partial charge in [-0.15, -0.1) is 0 Å². The van der Waals surface area contributed by atoms with Crippen LogP contribution in [0.4, 0.5) is 0 Å². The number of carbonyl (C=O) groups excluding carboxylic acids is 1. The molecule has 15 heavy (non-hydrogen) atoms. The van der Waals surface area contributed by atoms with Gasteiger partial charge in [0, 0.05) is 5.92 Å². The van der Waals surface area contributed by atoms with Gasteiger partial charge in [0.25, 0.3) is 0 Å². The number of carbonyl (C=O) groups is 2. The highest BCUT2D eigenvalue weighted by Crippen LogP contribution is 2.51. The summed E-state index contributed by atoms with van der Waals surface area (Å²) in [5.41, 5.74) is 0.0458. The lowest BCUT2D eigenvalue weighted by atomic mass is 10.0. The molecular weight excluding hydrogens is 194 g/mol. The summed E-state index contributed by atoms with van der Waals surface area (Å²) in [6.07, 6.45) is 0.850. The highest BCUT2D eigenvalue weighted by atomic mass is 16.4. The minimum absolute atomic E-state index is 0.0156. The molecule has 1 aliphatic carbocycles. The Morgan fingerprint density at radius 2 is 1.87 bits per heavy atom. The van der Waals surface area contributed by atoms with Crippen molar-refractivity contribution < 1.29 is 14.7 Å². The average Bonchev–Trinajstić information content (AvgIpc) is 2.69. The molecule has 4 nitrogen and oxygen atoms in total. The van der Waals surface area contributed by atoms with E-state index >= 15 is 0 Å². The van der Waals surface area contributed by atoms with Crippen molar-refractivity contribution in [3.05, 3.63) is 0 Å². The van der Waals surface area contributed by atoms with Gasteiger partial charge in [0.05, 0.1) is 0 Å². The number of aliphatic carboxylic acids is 1. The van der Waals surface area contributed by atoms with Crippen molar-refractivity contribution in [2.45, 2.75) is 40.2 Å². The number of amides is 1. The first-order chi connectivity index (χ1) is 6.75. The molecule has 2 N–H and O–H groups in total. The third-order valence-corrected chi connectivity index (χ3v) is 3.06. The molecule has 1 amide bonds. The predicted octanol–water partition coefficient (Wildman–Crippen LogP) is 1.26. The monoisotopic (exact) mass is 213 g/mol. The minimum Gasteiger partial charge on any atom is -0.480 e. The molecule has 0 spiro atoms. The first-order valence-electron chi connectivity index (χ1n) is 5.29. The fourth-order valence-corrected chi connectivity index (χ4v) is 1.68. The lowest BCUT2D eigenvalue weighted by Gasteiger charge is -2.18. The van der Waals surface area contributed by atoms with Crippen molar-refractivity contribution in [1.82, 2.24) is 5.32 Å². The Morgan fingerprint density at radius 1 is 1.40 bits per heavy atom. The number of rotatable bonds is 4. The van der Waals surface area contributed by atoms with Crippen LogP contribution >= 0.6 is 0 Å². The summed E-state index contributed by atoms with van der Waals surface area (Å²) < 4.78 is 0. The van der Waals surface area contributed by atoms with E-state index in [0.717, 1.165) is 6.42 Å². The van der Waals surface area contributed by atoms with E-state index in [1.807, 2.05) is 13.8 Å². The van der Waals surface area contributed by atoms with Crippen LogP contribution < -0.4 is 5.32 Å². The molecule has 0 aromatic rings. The Bertz CT molecular complexity index is 284. The number of nitrogens with one attached hydrogen (secondary N) is 1. The molecule has 0 aromatic carbocycles. The molecule has 0 bridgehead atoms. The van der Waals surface area contributed by atoms with Gasteiger partial charge < -0.3 is 10.4 Å². The molecule has 0 aromatic heterocycles. The van der Waals surface area contributed by atoms with E-state index in [9.17, 15) is 9.59 Å². The molecule has 0 heterocycles. The van der Waals surface area contributed by atoms with Crippen LogP contribution in [0.3, 0.4) is 0 Å². The van der Waals surface area contributed by atoms with Gasteiger partial charge in [-0.25, -0.2) is 4.79 Å². The van der Waals surface area contributed by atoms with Crippen molar-refractivity contribution in [2.75, 3.05) is 0 Å². The fraction of sp³-hybridized carbons (Fsp3) is 0.818. The van der Waals surface area contributed by atoms with Crippen LogP contribution in [0.25, 0.3) is 0 Å². The topological polar surface area (TPSA) is 66.4 Å². The van der Waals surface area contributed by atoms with Crippen molar-refractivity contribution >= 4 is 11.9 Å². The third-order valence-electron chi connectivity index (χ3n) is 3.06. The largest absolute Gasteiger partial charge is 0.480 e. The van der Waals surface area contributed by atoms with Gasteiger partial charge in [-0.3, -0.25) is 4.79 Å². The molecule has 1 rings (SSSR count). The molecule has 2 atom stereocenters. The zero-order chi connectivity index (χ0) is 11.8. The van der Waals surface area contributed by atoms with Crippen LogP contribution in [0.5, 0.6) is 0 Å². The summed E-state index contributed by atoms with van der Waals surface area (Å²) in [7, 11) is 0. The molecular formula is C11H19NO3. The molecule has 1 aliphatic rings. The van der Waals surface area contributed by atoms with Gasteiger partial charge in [-0.05, 0) is 17.8 Å². The van der Waals surface area contributed by atoms with Gasteiger partial charge in [0.2, 0.25) is 5.91 Å². The smallest absolute Gasteiger partial charge is 0.326 e. The maximum atomic E-state index is 11.7. The maximum Gasteiger partial charge on any atom is 0.326 e. The summed E-state index contributed by atoms with van der Waals surface area (Å²) >= 11 is 0. The Kier molecular flexibility index (Phi) is 3.07. The summed E-state index contributed by atoms with van der Waals surface area (Å²) in [5, 5.41) is 11.5. The van der Waals surface area contributed by atoms with Crippen molar-refractivity contribution in [2.24, 2.45) is 17.3 Å². The molecule has 0 radical (unpaired) electrons. The Labute approximate surface area is 90.0 Å². The zero-order valence-corrected chi connectivity index (χ0v) is 9.70. The molecule has 1 saturated carbocycles. The van der Waals surface area contributed by atoms with Crippen LogP contribution in [0, 0.1) is 17.3 Å². The van der Waals surface area contributed by atoms with Crippen LogP contribution in [-0.2, 0) is 9.59 Å². The Hall–Kier alpha value is -1.06. The van der Waals surface area contributed by atoms with E-state index in [1.165, 1.54) is 0 Å². The lowest BCUT2D eigenvalue weighted by molar-refractivity contribution is -0.143. The van der Waals surface area contributed by atoms with Gasteiger partial charge in [0.15, 0.2) is 0 Å². The van der Waals surface area contributed by atoms with Crippen molar-refractivity contribution in [3.8, 4) is 0 Å². The van der Waals surface area contributed by atoms with Crippen LogP contribution in [0.2, 0.25) is 0 Å². The predicted molar refractivity (Wildman–Crippen MR) is 56.3 cm³/mol. The molecule has 0 unspecified atom stereocenters. The molecule has 86 valence electrons.